The summed E-state index contributed by atoms with van der Waals surface area (Å²) in [6, 6.07) is 3.46. The Morgan fingerprint density at radius 1 is 1.10 bits per heavy atom. The molecular formula is C18H23N3O8. The van der Waals surface area contributed by atoms with Crippen molar-refractivity contribution >= 4 is 35.4 Å². The second-order valence-corrected chi connectivity index (χ2v) is 6.09. The third kappa shape index (κ3) is 8.39. The van der Waals surface area contributed by atoms with Gasteiger partial charge in [-0.1, -0.05) is 6.07 Å². The molecule has 0 radical (unpaired) electrons. The van der Waals surface area contributed by atoms with Gasteiger partial charge in [0, 0.05) is 24.1 Å². The predicted molar refractivity (Wildman–Crippen MR) is 100 cm³/mol. The quantitative estimate of drug-likeness (QED) is 0.312. The molecule has 0 aliphatic heterocycles. The van der Waals surface area contributed by atoms with Crippen molar-refractivity contribution in [1.29, 1.82) is 0 Å². The van der Waals surface area contributed by atoms with Crippen molar-refractivity contribution in [2.75, 3.05) is 12.4 Å². The number of hydrogen-bond donors (Lipinski definition) is 5. The SMILES string of the molecule is COC(=O)[C@@H](N)CCC(=O)Nc1cccc(C(=O)N[C@@H](CCC(=O)O)C(=O)O)c1. The van der Waals surface area contributed by atoms with Crippen molar-refractivity contribution in [2.45, 2.75) is 37.8 Å². The van der Waals surface area contributed by atoms with Crippen molar-refractivity contribution in [3.63, 3.8) is 0 Å². The van der Waals surface area contributed by atoms with Gasteiger partial charge in [0.1, 0.15) is 12.1 Å². The van der Waals surface area contributed by atoms with Gasteiger partial charge in [-0.3, -0.25) is 19.2 Å². The molecule has 0 spiro atoms. The lowest BCUT2D eigenvalue weighted by atomic mass is 10.1. The standard InChI is InChI=1S/C18H23N3O8/c1-29-18(28)12(19)5-7-14(22)20-11-4-2-3-10(9-11)16(25)21-13(17(26)27)6-8-15(23)24/h2-4,9,12-13H,5-8,19H2,1H3,(H,20,22)(H,21,25)(H,23,24)(H,26,27)/t12-,13-/m0/s1. The van der Waals surface area contributed by atoms with E-state index in [1.165, 1.54) is 31.4 Å². The van der Waals surface area contributed by atoms with E-state index in [-0.39, 0.29) is 30.5 Å². The summed E-state index contributed by atoms with van der Waals surface area (Å²) in [6.07, 6.45) is -0.667. The molecule has 1 rings (SSSR count). The van der Waals surface area contributed by atoms with Crippen LogP contribution >= 0.6 is 0 Å². The number of amides is 2. The van der Waals surface area contributed by atoms with Gasteiger partial charge in [0.2, 0.25) is 5.91 Å². The Bertz CT molecular complexity index is 780. The fraction of sp³-hybridized carbons (Fsp3) is 0.389. The van der Waals surface area contributed by atoms with Crippen molar-refractivity contribution in [2.24, 2.45) is 5.73 Å². The molecule has 29 heavy (non-hydrogen) atoms. The summed E-state index contributed by atoms with van der Waals surface area (Å²) < 4.78 is 4.47. The monoisotopic (exact) mass is 409 g/mol. The predicted octanol–water partition coefficient (Wildman–Crippen LogP) is -0.0466. The number of carboxylic acids is 2. The van der Waals surface area contributed by atoms with Crippen molar-refractivity contribution in [1.82, 2.24) is 5.32 Å². The number of anilines is 1. The van der Waals surface area contributed by atoms with Gasteiger partial charge in [0.05, 0.1) is 7.11 Å². The Morgan fingerprint density at radius 3 is 2.38 bits per heavy atom. The van der Waals surface area contributed by atoms with Gasteiger partial charge in [-0.25, -0.2) is 4.79 Å². The van der Waals surface area contributed by atoms with Crippen LogP contribution in [0.3, 0.4) is 0 Å². The van der Waals surface area contributed by atoms with E-state index in [1.807, 2.05) is 0 Å². The first-order valence-corrected chi connectivity index (χ1v) is 8.62. The van der Waals surface area contributed by atoms with Gasteiger partial charge < -0.3 is 31.3 Å². The molecule has 0 aliphatic carbocycles. The first-order valence-electron chi connectivity index (χ1n) is 8.62. The zero-order valence-corrected chi connectivity index (χ0v) is 15.7. The van der Waals surface area contributed by atoms with Gasteiger partial charge in [-0.05, 0) is 31.0 Å². The number of methoxy groups -OCH3 is 1. The highest BCUT2D eigenvalue weighted by Crippen LogP contribution is 2.12. The van der Waals surface area contributed by atoms with Gasteiger partial charge >= 0.3 is 17.9 Å². The highest BCUT2D eigenvalue weighted by molar-refractivity contribution is 5.99. The van der Waals surface area contributed by atoms with E-state index in [4.69, 9.17) is 15.9 Å². The summed E-state index contributed by atoms with van der Waals surface area (Å²) in [5, 5.41) is 22.6. The Kier molecular flexibility index (Phi) is 9.26. The van der Waals surface area contributed by atoms with Crippen LogP contribution in [-0.4, -0.2) is 59.1 Å². The van der Waals surface area contributed by atoms with Crippen LogP contribution in [-0.2, 0) is 23.9 Å². The number of carbonyl (C=O) groups is 5. The lowest BCUT2D eigenvalue weighted by Gasteiger charge is -2.14. The molecule has 0 unspecified atom stereocenters. The third-order valence-corrected chi connectivity index (χ3v) is 3.85. The molecule has 158 valence electrons. The molecule has 0 fully saturated rings. The lowest BCUT2D eigenvalue weighted by Crippen LogP contribution is -2.41. The summed E-state index contributed by atoms with van der Waals surface area (Å²) >= 11 is 0. The molecule has 0 saturated carbocycles. The number of benzene rings is 1. The molecule has 2 amide bonds. The zero-order valence-electron chi connectivity index (χ0n) is 15.7. The van der Waals surface area contributed by atoms with Gasteiger partial charge in [-0.15, -0.1) is 0 Å². The largest absolute Gasteiger partial charge is 0.481 e. The second kappa shape index (κ2) is 11.4. The summed E-state index contributed by atoms with van der Waals surface area (Å²) in [5.41, 5.74) is 5.92. The maximum atomic E-state index is 12.3. The number of nitrogens with one attached hydrogen (secondary N) is 2. The highest BCUT2D eigenvalue weighted by Gasteiger charge is 2.22. The maximum Gasteiger partial charge on any atom is 0.326 e. The number of carboxylic acid groups (broad SMARTS) is 2. The lowest BCUT2D eigenvalue weighted by molar-refractivity contribution is -0.143. The molecule has 6 N–H and O–H groups in total. The van der Waals surface area contributed by atoms with E-state index in [0.717, 1.165) is 0 Å². The van der Waals surface area contributed by atoms with Gasteiger partial charge in [0.15, 0.2) is 0 Å². The number of rotatable bonds is 11. The average molecular weight is 409 g/mol. The first kappa shape index (κ1) is 23.6. The molecule has 0 bridgehead atoms. The molecule has 11 heteroatoms. The first-order chi connectivity index (χ1) is 13.6. The number of nitrogens with two attached hydrogens (primary N) is 1. The molecular weight excluding hydrogens is 386 g/mol. The van der Waals surface area contributed by atoms with E-state index >= 15 is 0 Å². The van der Waals surface area contributed by atoms with E-state index in [0.29, 0.717) is 0 Å². The van der Waals surface area contributed by atoms with Crippen molar-refractivity contribution in [3.8, 4) is 0 Å². The van der Waals surface area contributed by atoms with E-state index < -0.39 is 48.2 Å². The molecule has 0 saturated heterocycles. The number of ether oxygens (including phenoxy) is 1. The highest BCUT2D eigenvalue weighted by atomic mass is 16.5. The van der Waals surface area contributed by atoms with E-state index in [2.05, 4.69) is 15.4 Å². The third-order valence-electron chi connectivity index (χ3n) is 3.85. The summed E-state index contributed by atoms with van der Waals surface area (Å²) in [7, 11) is 1.19. The number of esters is 1. The van der Waals surface area contributed by atoms with Crippen molar-refractivity contribution < 1.29 is 38.9 Å². The minimum absolute atomic E-state index is 0.0526. The summed E-state index contributed by atoms with van der Waals surface area (Å²) in [4.78, 5) is 57.2. The van der Waals surface area contributed by atoms with Gasteiger partial charge in [0.25, 0.3) is 5.91 Å². The normalized spacial score (nSPS) is 12.3. The van der Waals surface area contributed by atoms with Crippen LogP contribution in [0.5, 0.6) is 0 Å². The van der Waals surface area contributed by atoms with Crippen LogP contribution in [0, 0.1) is 0 Å². The topological polar surface area (TPSA) is 185 Å². The fourth-order valence-corrected chi connectivity index (χ4v) is 2.28. The Morgan fingerprint density at radius 2 is 1.79 bits per heavy atom. The maximum absolute atomic E-state index is 12.3. The van der Waals surface area contributed by atoms with Crippen LogP contribution in [0.4, 0.5) is 5.69 Å². The Labute approximate surface area is 166 Å². The number of carbonyl (C=O) groups excluding carboxylic acids is 3. The number of hydrogen-bond acceptors (Lipinski definition) is 7. The molecule has 0 aromatic heterocycles. The molecule has 1 aromatic carbocycles. The van der Waals surface area contributed by atoms with Crippen LogP contribution < -0.4 is 16.4 Å². The fourth-order valence-electron chi connectivity index (χ4n) is 2.28. The molecule has 1 aromatic rings. The Hall–Kier alpha value is -3.47. The minimum Gasteiger partial charge on any atom is -0.481 e. The molecule has 11 nitrogen and oxygen atoms in total. The van der Waals surface area contributed by atoms with E-state index in [1.54, 1.807) is 0 Å². The zero-order chi connectivity index (χ0) is 22.0. The van der Waals surface area contributed by atoms with Crippen LogP contribution in [0.15, 0.2) is 24.3 Å². The van der Waals surface area contributed by atoms with Crippen LogP contribution in [0.2, 0.25) is 0 Å². The molecule has 0 aliphatic rings. The van der Waals surface area contributed by atoms with Gasteiger partial charge in [-0.2, -0.15) is 0 Å². The molecule has 2 atom stereocenters. The molecule has 0 heterocycles. The number of aliphatic carboxylic acids is 2. The van der Waals surface area contributed by atoms with Crippen LogP contribution in [0.1, 0.15) is 36.0 Å². The Balaban J connectivity index is 2.69. The van der Waals surface area contributed by atoms with E-state index in [9.17, 15) is 24.0 Å². The summed E-state index contributed by atoms with van der Waals surface area (Å²) in [6.45, 7) is 0. The smallest absolute Gasteiger partial charge is 0.326 e. The van der Waals surface area contributed by atoms with Crippen LogP contribution in [0.25, 0.3) is 0 Å². The average Bonchev–Trinajstić information content (AvgIpc) is 2.68. The second-order valence-electron chi connectivity index (χ2n) is 6.09. The minimum atomic E-state index is -1.36. The van der Waals surface area contributed by atoms with Crippen molar-refractivity contribution in [3.05, 3.63) is 29.8 Å². The summed E-state index contributed by atoms with van der Waals surface area (Å²) in [5.74, 6) is -4.33.